The van der Waals surface area contributed by atoms with E-state index < -0.39 is 17.4 Å². The molecule has 1 aromatic carbocycles. The molecule has 1 N–H and O–H groups in total. The fourth-order valence-electron chi connectivity index (χ4n) is 6.74. The lowest BCUT2D eigenvalue weighted by Gasteiger charge is -2.40. The zero-order chi connectivity index (χ0) is 29.1. The molecular weight excluding hydrogens is 520 g/mol. The topological polar surface area (TPSA) is 102 Å². The van der Waals surface area contributed by atoms with Gasteiger partial charge in [-0.2, -0.15) is 0 Å². The van der Waals surface area contributed by atoms with Crippen molar-refractivity contribution in [2.45, 2.75) is 45.3 Å². The van der Waals surface area contributed by atoms with E-state index in [0.29, 0.717) is 25.2 Å². The number of fused-ring (bicyclic) bond motifs is 3. The Morgan fingerprint density at radius 3 is 2.24 bits per heavy atom. The van der Waals surface area contributed by atoms with Gasteiger partial charge in [0.15, 0.2) is 0 Å². The van der Waals surface area contributed by atoms with E-state index in [-0.39, 0.29) is 29.6 Å². The number of para-hydroxylation sites is 1. The van der Waals surface area contributed by atoms with E-state index in [1.807, 2.05) is 67.0 Å². The number of carboxylic acid groups (broad SMARTS) is 1. The summed E-state index contributed by atoms with van der Waals surface area (Å²) in [6.07, 6.45) is 2.50. The van der Waals surface area contributed by atoms with Gasteiger partial charge in [-0.05, 0) is 43.1 Å². The first-order valence-electron chi connectivity index (χ1n) is 14.4. The average Bonchev–Trinajstić information content (AvgIpc) is 3.66. The number of pyridine rings is 1. The maximum Gasteiger partial charge on any atom is 0.352 e. The number of likely N-dealkylation sites (N-methyl/N-ethyl adjacent to an activating group) is 1. The first kappa shape index (κ1) is 27.3. The van der Waals surface area contributed by atoms with E-state index in [1.165, 1.54) is 0 Å². The highest BCUT2D eigenvalue weighted by Gasteiger charge is 2.50. The molecule has 0 radical (unpaired) electrons. The number of carboxylic acids is 1. The van der Waals surface area contributed by atoms with Crippen LogP contribution < -0.4 is 4.90 Å². The number of aromatic carboxylic acids is 1. The summed E-state index contributed by atoms with van der Waals surface area (Å²) in [4.78, 5) is 52.8. The average molecular weight is 559 g/mol. The molecule has 2 aromatic heterocycles. The van der Waals surface area contributed by atoms with Crippen LogP contribution in [0.4, 0.5) is 5.69 Å². The molecule has 216 valence electrons. The van der Waals surface area contributed by atoms with Crippen LogP contribution in [0.2, 0.25) is 0 Å². The summed E-state index contributed by atoms with van der Waals surface area (Å²) < 4.78 is 1.70. The van der Waals surface area contributed by atoms with E-state index in [1.54, 1.807) is 16.8 Å². The van der Waals surface area contributed by atoms with Crippen molar-refractivity contribution >= 4 is 34.4 Å². The van der Waals surface area contributed by atoms with Gasteiger partial charge in [0.1, 0.15) is 17.4 Å². The minimum atomic E-state index is -1.06. The minimum absolute atomic E-state index is 0.0865. The first-order valence-corrected chi connectivity index (χ1v) is 14.4. The number of nitrogens with zero attached hydrogens (tertiary/aromatic N) is 6. The van der Waals surface area contributed by atoms with Crippen LogP contribution in [-0.4, -0.2) is 106 Å². The highest BCUT2D eigenvalue weighted by atomic mass is 16.4. The molecule has 10 nitrogen and oxygen atoms in total. The molecule has 3 saturated heterocycles. The van der Waals surface area contributed by atoms with Crippen LogP contribution in [0.3, 0.4) is 0 Å². The van der Waals surface area contributed by atoms with Gasteiger partial charge in [-0.15, -0.1) is 0 Å². The van der Waals surface area contributed by atoms with Crippen LogP contribution in [0.25, 0.3) is 10.9 Å². The summed E-state index contributed by atoms with van der Waals surface area (Å²) >= 11 is 0. The van der Waals surface area contributed by atoms with Crippen molar-refractivity contribution in [1.82, 2.24) is 24.3 Å². The predicted molar refractivity (Wildman–Crippen MR) is 156 cm³/mol. The number of aromatic nitrogens is 2. The molecule has 41 heavy (non-hydrogen) atoms. The number of hydrogen-bond acceptors (Lipinski definition) is 6. The van der Waals surface area contributed by atoms with Crippen molar-refractivity contribution in [2.75, 3.05) is 51.2 Å². The van der Waals surface area contributed by atoms with Crippen LogP contribution in [0, 0.1) is 5.41 Å². The number of piperazine rings is 2. The number of anilines is 1. The summed E-state index contributed by atoms with van der Waals surface area (Å²) in [6.45, 7) is 10.7. The quantitative estimate of drug-likeness (QED) is 0.513. The lowest BCUT2D eigenvalue weighted by Crippen LogP contribution is -2.53. The third-order valence-corrected chi connectivity index (χ3v) is 8.90. The van der Waals surface area contributed by atoms with Gasteiger partial charge < -0.3 is 29.3 Å². The summed E-state index contributed by atoms with van der Waals surface area (Å²) in [5, 5.41) is 10.8. The third kappa shape index (κ3) is 4.84. The molecule has 0 unspecified atom stereocenters. The Hall–Kier alpha value is -3.92. The molecule has 2 bridgehead atoms. The molecule has 3 atom stereocenters. The number of rotatable bonds is 5. The van der Waals surface area contributed by atoms with Crippen molar-refractivity contribution in [3.8, 4) is 0 Å². The zero-order valence-corrected chi connectivity index (χ0v) is 24.2. The molecular formula is C31H38N6O4. The molecule has 6 rings (SSSR count). The molecule has 5 heterocycles. The Kier molecular flexibility index (Phi) is 6.76. The Labute approximate surface area is 240 Å². The van der Waals surface area contributed by atoms with Crippen LogP contribution in [-0.2, 0) is 4.79 Å². The third-order valence-electron chi connectivity index (χ3n) is 8.90. The Morgan fingerprint density at radius 1 is 0.951 bits per heavy atom. The number of carbonyl (C=O) groups excluding carboxylic acids is 2. The second kappa shape index (κ2) is 10.2. The Balaban J connectivity index is 1.20. The first-order chi connectivity index (χ1) is 19.5. The van der Waals surface area contributed by atoms with Gasteiger partial charge in [0.05, 0.1) is 24.0 Å². The Bertz CT molecular complexity index is 1480. The van der Waals surface area contributed by atoms with Crippen molar-refractivity contribution in [1.29, 1.82) is 0 Å². The highest BCUT2D eigenvalue weighted by Crippen LogP contribution is 2.40. The molecule has 0 saturated carbocycles. The molecule has 3 aromatic rings. The number of benzene rings is 1. The number of amides is 2. The fraction of sp³-hybridized carbons (Fsp3) is 0.484. The van der Waals surface area contributed by atoms with Crippen molar-refractivity contribution in [3.63, 3.8) is 0 Å². The van der Waals surface area contributed by atoms with Crippen molar-refractivity contribution in [3.05, 3.63) is 60.0 Å². The number of likely N-dealkylation sites (tertiary alicyclic amines) is 2. The van der Waals surface area contributed by atoms with Gasteiger partial charge in [-0.1, -0.05) is 39.0 Å². The summed E-state index contributed by atoms with van der Waals surface area (Å²) in [5.74, 6) is -1.27. The van der Waals surface area contributed by atoms with Gasteiger partial charge in [-0.3, -0.25) is 9.59 Å². The van der Waals surface area contributed by atoms with Crippen molar-refractivity contribution < 1.29 is 19.5 Å². The summed E-state index contributed by atoms with van der Waals surface area (Å²) in [6, 6.07) is 12.0. The monoisotopic (exact) mass is 558 g/mol. The molecule has 3 aliphatic heterocycles. The van der Waals surface area contributed by atoms with E-state index in [0.717, 1.165) is 42.8 Å². The second-order valence-electron chi connectivity index (χ2n) is 12.7. The molecule has 10 heteroatoms. The van der Waals surface area contributed by atoms with E-state index in [4.69, 9.17) is 0 Å². The molecule has 0 aliphatic carbocycles. The SMILES string of the molecule is CN1CCN(c2ccc(C(=O)N3C[C@@H]4C[C@H]3CN4C(=O)[C@@H](n3c(C(=O)O)cc4ccccc43)C(C)(C)C)nc2)CC1. The molecule has 2 amide bonds. The van der Waals surface area contributed by atoms with E-state index in [2.05, 4.69) is 21.8 Å². The lowest BCUT2D eigenvalue weighted by molar-refractivity contribution is -0.140. The standard InChI is InChI=1S/C31H38N6O4/c1-31(2,3)27(37-25-8-6-5-7-20(25)15-26(37)30(40)41)29(39)36-19-22-16-23(36)18-35(22)28(38)24-10-9-21(17-32-24)34-13-11-33(4)12-14-34/h5-10,15,17,22-23,27H,11-14,16,18-19H2,1-4H3,(H,40,41)/t22-,23-,27+/m0/s1. The maximum atomic E-state index is 14.2. The normalized spacial score (nSPS) is 22.0. The van der Waals surface area contributed by atoms with Crippen LogP contribution >= 0.6 is 0 Å². The molecule has 3 aliphatic rings. The maximum absolute atomic E-state index is 14.2. The van der Waals surface area contributed by atoms with E-state index >= 15 is 0 Å². The summed E-state index contributed by atoms with van der Waals surface area (Å²) in [5.41, 5.74) is 1.74. The van der Waals surface area contributed by atoms with Gasteiger partial charge in [0.25, 0.3) is 5.91 Å². The van der Waals surface area contributed by atoms with Gasteiger partial charge in [-0.25, -0.2) is 9.78 Å². The van der Waals surface area contributed by atoms with Gasteiger partial charge in [0, 0.05) is 50.2 Å². The molecule has 0 spiro atoms. The van der Waals surface area contributed by atoms with Gasteiger partial charge in [0.2, 0.25) is 5.91 Å². The lowest BCUT2D eigenvalue weighted by atomic mass is 9.85. The predicted octanol–water partition coefficient (Wildman–Crippen LogP) is 3.20. The number of hydrogen-bond donors (Lipinski definition) is 1. The highest BCUT2D eigenvalue weighted by molar-refractivity contribution is 5.97. The smallest absolute Gasteiger partial charge is 0.352 e. The van der Waals surface area contributed by atoms with Crippen LogP contribution in [0.5, 0.6) is 0 Å². The zero-order valence-electron chi connectivity index (χ0n) is 24.2. The fourth-order valence-corrected chi connectivity index (χ4v) is 6.74. The van der Waals surface area contributed by atoms with Crippen LogP contribution in [0.1, 0.15) is 54.2 Å². The van der Waals surface area contributed by atoms with Crippen molar-refractivity contribution in [2.24, 2.45) is 5.41 Å². The molecule has 3 fully saturated rings. The summed E-state index contributed by atoms with van der Waals surface area (Å²) in [7, 11) is 2.12. The number of carbonyl (C=O) groups is 3. The van der Waals surface area contributed by atoms with Gasteiger partial charge >= 0.3 is 5.97 Å². The van der Waals surface area contributed by atoms with E-state index in [9.17, 15) is 19.5 Å². The minimum Gasteiger partial charge on any atom is -0.477 e. The largest absolute Gasteiger partial charge is 0.477 e. The van der Waals surface area contributed by atoms with Crippen LogP contribution in [0.15, 0.2) is 48.7 Å². The second-order valence-corrected chi connectivity index (χ2v) is 12.7. The Morgan fingerprint density at radius 2 is 1.63 bits per heavy atom.